The molecule has 1 aromatic carbocycles. The molecule has 1 N–H and O–H groups in total. The fourth-order valence-corrected chi connectivity index (χ4v) is 3.77. The summed E-state index contributed by atoms with van der Waals surface area (Å²) in [4.78, 5) is 14.7. The van der Waals surface area contributed by atoms with Crippen LogP contribution in [0.5, 0.6) is 11.5 Å². The minimum Gasteiger partial charge on any atom is -0.486 e. The van der Waals surface area contributed by atoms with E-state index in [0.29, 0.717) is 29.7 Å². The van der Waals surface area contributed by atoms with Gasteiger partial charge in [-0.05, 0) is 49.5 Å². The van der Waals surface area contributed by atoms with Gasteiger partial charge in [0.2, 0.25) is 5.91 Å². The highest BCUT2D eigenvalue weighted by molar-refractivity contribution is 6.32. The number of piperidine rings is 1. The van der Waals surface area contributed by atoms with Gasteiger partial charge in [0, 0.05) is 31.2 Å². The molecule has 0 atom stereocenters. The molecule has 2 fully saturated rings. The van der Waals surface area contributed by atoms with Gasteiger partial charge in [0.25, 0.3) is 0 Å². The van der Waals surface area contributed by atoms with Gasteiger partial charge in [0.15, 0.2) is 11.5 Å². The minimum atomic E-state index is -0.0594. The molecule has 3 aliphatic rings. The van der Waals surface area contributed by atoms with E-state index in [2.05, 4.69) is 10.2 Å². The van der Waals surface area contributed by atoms with Crippen molar-refractivity contribution in [2.75, 3.05) is 26.3 Å². The summed E-state index contributed by atoms with van der Waals surface area (Å²) < 4.78 is 11.1. The molecule has 1 saturated heterocycles. The van der Waals surface area contributed by atoms with Gasteiger partial charge in [0.1, 0.15) is 13.2 Å². The Balaban J connectivity index is 1.32. The zero-order valence-corrected chi connectivity index (χ0v) is 14.9. The molecule has 2 aliphatic heterocycles. The molecular weight excluding hydrogens is 340 g/mol. The maximum Gasteiger partial charge on any atom is 0.244 e. The molecule has 0 unspecified atom stereocenters. The number of ether oxygens (including phenoxy) is 2. The minimum absolute atomic E-state index is 0.0594. The average Bonchev–Trinajstić information content (AvgIpc) is 3.46. The Labute approximate surface area is 152 Å². The second kappa shape index (κ2) is 7.26. The summed E-state index contributed by atoms with van der Waals surface area (Å²) in [5.74, 6) is 1.15. The van der Waals surface area contributed by atoms with Gasteiger partial charge >= 0.3 is 0 Å². The maximum atomic E-state index is 12.2. The van der Waals surface area contributed by atoms with Gasteiger partial charge in [-0.15, -0.1) is 0 Å². The molecule has 6 heteroatoms. The molecule has 0 radical (unpaired) electrons. The Hall–Kier alpha value is -1.72. The summed E-state index contributed by atoms with van der Waals surface area (Å²) in [6, 6.07) is 4.72. The van der Waals surface area contributed by atoms with Crippen LogP contribution in [-0.4, -0.2) is 49.2 Å². The molecule has 4 rings (SSSR count). The van der Waals surface area contributed by atoms with Crippen molar-refractivity contribution in [3.05, 3.63) is 28.8 Å². The van der Waals surface area contributed by atoms with Gasteiger partial charge in [-0.3, -0.25) is 4.79 Å². The zero-order valence-electron chi connectivity index (χ0n) is 14.2. The van der Waals surface area contributed by atoms with Crippen LogP contribution in [-0.2, 0) is 4.79 Å². The smallest absolute Gasteiger partial charge is 0.244 e. The number of halogens is 1. The van der Waals surface area contributed by atoms with Crippen LogP contribution in [0.2, 0.25) is 5.02 Å². The Morgan fingerprint density at radius 2 is 1.92 bits per heavy atom. The van der Waals surface area contributed by atoms with Crippen LogP contribution in [0.4, 0.5) is 0 Å². The van der Waals surface area contributed by atoms with E-state index >= 15 is 0 Å². The highest BCUT2D eigenvalue weighted by Crippen LogP contribution is 2.38. The summed E-state index contributed by atoms with van der Waals surface area (Å²) in [5.41, 5.74) is 0.827. The number of carbonyl (C=O) groups is 1. The molecule has 0 aromatic heterocycles. The number of nitrogens with zero attached hydrogens (tertiary/aromatic N) is 1. The number of hydrogen-bond donors (Lipinski definition) is 1. The first-order valence-electron chi connectivity index (χ1n) is 9.01. The molecule has 134 valence electrons. The van der Waals surface area contributed by atoms with Crippen molar-refractivity contribution in [3.63, 3.8) is 0 Å². The first-order chi connectivity index (χ1) is 12.2. The maximum absolute atomic E-state index is 12.2. The van der Waals surface area contributed by atoms with Gasteiger partial charge in [-0.1, -0.05) is 11.6 Å². The first kappa shape index (κ1) is 16.7. The second-order valence-corrected chi connectivity index (χ2v) is 7.32. The van der Waals surface area contributed by atoms with Crippen LogP contribution < -0.4 is 14.8 Å². The number of benzene rings is 1. The van der Waals surface area contributed by atoms with Crippen LogP contribution in [0.3, 0.4) is 0 Å². The van der Waals surface area contributed by atoms with E-state index < -0.39 is 0 Å². The number of fused-ring (bicyclic) bond motifs is 1. The van der Waals surface area contributed by atoms with E-state index in [1.54, 1.807) is 18.2 Å². The molecule has 0 bridgehead atoms. The van der Waals surface area contributed by atoms with Gasteiger partial charge in [-0.25, -0.2) is 0 Å². The van der Waals surface area contributed by atoms with Crippen molar-refractivity contribution < 1.29 is 14.3 Å². The Morgan fingerprint density at radius 3 is 2.68 bits per heavy atom. The number of likely N-dealkylation sites (tertiary alicyclic amines) is 1. The fourth-order valence-electron chi connectivity index (χ4n) is 3.50. The van der Waals surface area contributed by atoms with Crippen LogP contribution in [0.1, 0.15) is 31.2 Å². The van der Waals surface area contributed by atoms with Gasteiger partial charge < -0.3 is 19.7 Å². The van der Waals surface area contributed by atoms with E-state index in [1.807, 2.05) is 6.07 Å². The highest BCUT2D eigenvalue weighted by Gasteiger charge is 2.31. The van der Waals surface area contributed by atoms with Gasteiger partial charge in [0.05, 0.1) is 5.02 Å². The van der Waals surface area contributed by atoms with Crippen LogP contribution in [0.25, 0.3) is 6.08 Å². The average molecular weight is 363 g/mol. The van der Waals surface area contributed by atoms with Crippen molar-refractivity contribution in [2.45, 2.75) is 37.8 Å². The van der Waals surface area contributed by atoms with E-state index in [4.69, 9.17) is 21.1 Å². The third kappa shape index (κ3) is 4.10. The summed E-state index contributed by atoms with van der Waals surface area (Å²) in [6.45, 7) is 3.20. The van der Waals surface area contributed by atoms with Crippen LogP contribution >= 0.6 is 11.6 Å². The van der Waals surface area contributed by atoms with E-state index in [1.165, 1.54) is 12.8 Å². The van der Waals surface area contributed by atoms with E-state index in [0.717, 1.165) is 37.5 Å². The van der Waals surface area contributed by atoms with Crippen LogP contribution in [0.15, 0.2) is 18.2 Å². The summed E-state index contributed by atoms with van der Waals surface area (Å²) >= 11 is 6.22. The Kier molecular flexibility index (Phi) is 4.86. The van der Waals surface area contributed by atoms with Crippen molar-refractivity contribution in [3.8, 4) is 11.5 Å². The molecule has 5 nitrogen and oxygen atoms in total. The summed E-state index contributed by atoms with van der Waals surface area (Å²) in [5, 5.41) is 3.61. The molecule has 1 aromatic rings. The third-order valence-corrected chi connectivity index (χ3v) is 5.27. The summed E-state index contributed by atoms with van der Waals surface area (Å²) in [7, 11) is 0. The predicted molar refractivity (Wildman–Crippen MR) is 97.2 cm³/mol. The lowest BCUT2D eigenvalue weighted by atomic mass is 10.0. The predicted octanol–water partition coefficient (Wildman–Crippen LogP) is 2.87. The lowest BCUT2D eigenvalue weighted by Crippen LogP contribution is -2.44. The third-order valence-electron chi connectivity index (χ3n) is 4.99. The Bertz CT molecular complexity index is 679. The molecule has 0 spiro atoms. The number of amides is 1. The van der Waals surface area contributed by atoms with Crippen molar-refractivity contribution >= 4 is 23.6 Å². The largest absolute Gasteiger partial charge is 0.486 e. The summed E-state index contributed by atoms with van der Waals surface area (Å²) in [6.07, 6.45) is 8.08. The number of carbonyl (C=O) groups excluding carboxylic acids is 1. The van der Waals surface area contributed by atoms with Crippen molar-refractivity contribution in [1.29, 1.82) is 0 Å². The SMILES string of the molecule is O=C(/C=C\c1cc(Cl)c2c(c1)OCCO2)NC1CCN(C2CC2)CC1. The second-order valence-electron chi connectivity index (χ2n) is 6.91. The van der Waals surface area contributed by atoms with E-state index in [9.17, 15) is 4.79 Å². The van der Waals surface area contributed by atoms with E-state index in [-0.39, 0.29) is 11.9 Å². The zero-order chi connectivity index (χ0) is 17.2. The van der Waals surface area contributed by atoms with Gasteiger partial charge in [-0.2, -0.15) is 0 Å². The number of rotatable bonds is 4. The quantitative estimate of drug-likeness (QED) is 0.837. The Morgan fingerprint density at radius 1 is 1.16 bits per heavy atom. The first-order valence-corrected chi connectivity index (χ1v) is 9.38. The highest BCUT2D eigenvalue weighted by atomic mass is 35.5. The molecule has 25 heavy (non-hydrogen) atoms. The molecular formula is C19H23ClN2O3. The standard InChI is InChI=1S/C19H23ClN2O3/c20-16-11-13(12-17-19(16)25-10-9-24-17)1-4-18(23)21-14-5-7-22(8-6-14)15-2-3-15/h1,4,11-12,14-15H,2-3,5-10H2,(H,21,23)/b4-1-. The number of nitrogens with one attached hydrogen (secondary N) is 1. The lowest BCUT2D eigenvalue weighted by molar-refractivity contribution is -0.117. The molecule has 1 saturated carbocycles. The van der Waals surface area contributed by atoms with Crippen LogP contribution in [0, 0.1) is 0 Å². The fraction of sp³-hybridized carbons (Fsp3) is 0.526. The van der Waals surface area contributed by atoms with Crippen molar-refractivity contribution in [2.24, 2.45) is 0 Å². The topological polar surface area (TPSA) is 50.8 Å². The monoisotopic (exact) mass is 362 g/mol. The molecule has 1 amide bonds. The number of hydrogen-bond acceptors (Lipinski definition) is 4. The molecule has 1 aliphatic carbocycles. The molecule has 2 heterocycles. The normalized spacial score (nSPS) is 21.5. The van der Waals surface area contributed by atoms with Crippen molar-refractivity contribution in [1.82, 2.24) is 10.2 Å². The lowest BCUT2D eigenvalue weighted by Gasteiger charge is -2.32.